The van der Waals surface area contributed by atoms with E-state index in [1.165, 1.54) is 25.3 Å². The van der Waals surface area contributed by atoms with Crippen LogP contribution in [0, 0.1) is 0 Å². The molecule has 9 heteroatoms. The number of hydrazone groups is 1. The second-order valence-corrected chi connectivity index (χ2v) is 5.45. The van der Waals surface area contributed by atoms with E-state index < -0.39 is 23.6 Å². The second-order valence-electron chi connectivity index (χ2n) is 5.45. The van der Waals surface area contributed by atoms with E-state index in [-0.39, 0.29) is 17.8 Å². The molecule has 0 spiro atoms. The number of carbonyl (C=O) groups excluding carboxylic acids is 2. The van der Waals surface area contributed by atoms with Gasteiger partial charge < -0.3 is 5.32 Å². The quantitative estimate of drug-likeness (QED) is 0.476. The van der Waals surface area contributed by atoms with Crippen LogP contribution >= 0.6 is 0 Å². The Bertz CT molecular complexity index is 835. The average molecular weight is 365 g/mol. The summed E-state index contributed by atoms with van der Waals surface area (Å²) in [4.78, 5) is 23.7. The fourth-order valence-electron chi connectivity index (χ4n) is 2.04. The van der Waals surface area contributed by atoms with Crippen LogP contribution in [0.15, 0.2) is 41.5 Å². The zero-order valence-electron chi connectivity index (χ0n) is 13.8. The van der Waals surface area contributed by atoms with E-state index in [0.717, 1.165) is 12.1 Å². The molecule has 0 aromatic heterocycles. The van der Waals surface area contributed by atoms with E-state index in [0.29, 0.717) is 12.1 Å². The minimum atomic E-state index is -4.49. The van der Waals surface area contributed by atoms with Crippen LogP contribution in [0.3, 0.4) is 0 Å². The fourth-order valence-corrected chi connectivity index (χ4v) is 2.04. The molecule has 1 aromatic carbocycles. The van der Waals surface area contributed by atoms with Gasteiger partial charge >= 0.3 is 17.8 Å². The predicted molar refractivity (Wildman–Crippen MR) is 92.9 cm³/mol. The highest BCUT2D eigenvalue weighted by molar-refractivity contribution is 6.39. The monoisotopic (exact) mass is 365 g/mol. The van der Waals surface area contributed by atoms with E-state index in [4.69, 9.17) is 0 Å². The predicted octanol–water partition coefficient (Wildman–Crippen LogP) is 2.06. The molecule has 136 valence electrons. The van der Waals surface area contributed by atoms with Crippen molar-refractivity contribution in [2.45, 2.75) is 25.9 Å². The Morgan fingerprint density at radius 3 is 2.73 bits per heavy atom. The Labute approximate surface area is 147 Å². The van der Waals surface area contributed by atoms with Crippen molar-refractivity contribution in [3.63, 3.8) is 0 Å². The van der Waals surface area contributed by atoms with Gasteiger partial charge in [0.25, 0.3) is 6.21 Å². The highest BCUT2D eigenvalue weighted by atomic mass is 19.4. The van der Waals surface area contributed by atoms with E-state index in [1.54, 1.807) is 12.2 Å². The first-order valence-corrected chi connectivity index (χ1v) is 7.61. The Morgan fingerprint density at radius 1 is 1.31 bits per heavy atom. The molecular weight excluding hydrogens is 349 g/mol. The summed E-state index contributed by atoms with van der Waals surface area (Å²) in [6.45, 7) is 1.51. The summed E-state index contributed by atoms with van der Waals surface area (Å²) in [7, 11) is 0. The minimum Gasteiger partial charge on any atom is -0.326 e. The van der Waals surface area contributed by atoms with Gasteiger partial charge in [0.15, 0.2) is 0 Å². The molecule has 26 heavy (non-hydrogen) atoms. The van der Waals surface area contributed by atoms with Gasteiger partial charge in [-0.1, -0.05) is 16.8 Å². The number of allylic oxidation sites excluding steroid dienone is 2. The van der Waals surface area contributed by atoms with Crippen molar-refractivity contribution in [3.8, 4) is 0 Å². The molecule has 2 amide bonds. The molecule has 0 aliphatic carbocycles. The molecular formula is C17H16F3N4O2+. The standard InChI is InChI=1S/C17H15F3N4O2/c1-11(23-24-16(26)14-7-2-3-8-21-14)9-15(25)22-13-6-4-5-12(10-13)17(18,19)20/h2-6,8,10H,7,9H2,1H3,(H-,22,24,25,26)/p+1. The third-order valence-corrected chi connectivity index (χ3v) is 3.26. The SMILES string of the molecule is C/C(CC(=O)Nc1cccc(C(F)(F)F)c1)=N\NC(=O)C1=[N+]=CC=CC1. The summed E-state index contributed by atoms with van der Waals surface area (Å²) >= 11 is 0. The largest absolute Gasteiger partial charge is 0.416 e. The van der Waals surface area contributed by atoms with Crippen LogP contribution in [0.25, 0.3) is 0 Å². The van der Waals surface area contributed by atoms with Crippen LogP contribution < -0.4 is 15.4 Å². The van der Waals surface area contributed by atoms with Gasteiger partial charge in [-0.05, 0) is 25.1 Å². The van der Waals surface area contributed by atoms with Gasteiger partial charge in [-0.2, -0.15) is 18.3 Å². The third kappa shape index (κ3) is 5.71. The molecule has 2 N–H and O–H groups in total. The number of anilines is 1. The molecule has 2 rings (SSSR count). The van der Waals surface area contributed by atoms with Crippen molar-refractivity contribution in [1.29, 1.82) is 0 Å². The molecule has 0 fully saturated rings. The van der Waals surface area contributed by atoms with E-state index >= 15 is 0 Å². The molecule has 1 heterocycles. The molecule has 0 saturated heterocycles. The zero-order valence-corrected chi connectivity index (χ0v) is 13.8. The van der Waals surface area contributed by atoms with Crippen molar-refractivity contribution in [2.24, 2.45) is 5.10 Å². The number of carbonyl (C=O) groups is 2. The summed E-state index contributed by atoms with van der Waals surface area (Å²) in [5, 5.41) is 6.16. The molecule has 0 saturated carbocycles. The van der Waals surface area contributed by atoms with Crippen LogP contribution in [-0.4, -0.2) is 29.5 Å². The molecule has 1 aliphatic heterocycles. The lowest BCUT2D eigenvalue weighted by Gasteiger charge is -2.09. The van der Waals surface area contributed by atoms with Gasteiger partial charge in [-0.15, -0.1) is 0 Å². The molecule has 6 nitrogen and oxygen atoms in total. The summed E-state index contributed by atoms with van der Waals surface area (Å²) in [5.74, 6) is -1.03. The fraction of sp³-hybridized carbons (Fsp3) is 0.235. The lowest BCUT2D eigenvalue weighted by molar-refractivity contribution is -0.137. The summed E-state index contributed by atoms with van der Waals surface area (Å²) in [6, 6.07) is 4.32. The first kappa shape index (κ1) is 19.1. The Kier molecular flexibility index (Phi) is 6.08. The van der Waals surface area contributed by atoms with Gasteiger partial charge in [0.1, 0.15) is 0 Å². The maximum absolute atomic E-state index is 12.7. The lowest BCUT2D eigenvalue weighted by atomic mass is 10.2. The average Bonchev–Trinajstić information content (AvgIpc) is 2.60. The number of hydrogen-bond acceptors (Lipinski definition) is 3. The first-order chi connectivity index (χ1) is 12.3. The highest BCUT2D eigenvalue weighted by Crippen LogP contribution is 2.30. The summed E-state index contributed by atoms with van der Waals surface area (Å²) < 4.78 is 41.9. The van der Waals surface area contributed by atoms with Gasteiger partial charge in [0.2, 0.25) is 5.91 Å². The number of nitrogens with zero attached hydrogens (tertiary/aromatic N) is 2. The Morgan fingerprint density at radius 2 is 2.08 bits per heavy atom. The molecule has 0 unspecified atom stereocenters. The molecule has 1 aromatic rings. The first-order valence-electron chi connectivity index (χ1n) is 7.61. The Hall–Kier alpha value is -3.19. The van der Waals surface area contributed by atoms with Crippen LogP contribution in [0.2, 0.25) is 0 Å². The number of benzene rings is 1. The second kappa shape index (κ2) is 8.26. The van der Waals surface area contributed by atoms with Crippen molar-refractivity contribution in [3.05, 3.63) is 42.0 Å². The normalized spacial score (nSPS) is 14.0. The number of halogens is 3. The van der Waals surface area contributed by atoms with Crippen molar-refractivity contribution in [1.82, 2.24) is 10.1 Å². The van der Waals surface area contributed by atoms with Crippen LogP contribution in [0.4, 0.5) is 18.9 Å². The highest BCUT2D eigenvalue weighted by Gasteiger charge is 2.30. The third-order valence-electron chi connectivity index (χ3n) is 3.26. The smallest absolute Gasteiger partial charge is 0.326 e. The number of nitrogens with one attached hydrogen (secondary N) is 2. The van der Waals surface area contributed by atoms with Crippen molar-refractivity contribution >= 4 is 35.1 Å². The van der Waals surface area contributed by atoms with Crippen LogP contribution in [-0.2, 0) is 15.8 Å². The number of hydrogen-bond donors (Lipinski definition) is 2. The molecule has 0 radical (unpaired) electrons. The van der Waals surface area contributed by atoms with Crippen molar-refractivity contribution < 1.29 is 22.8 Å². The maximum atomic E-state index is 12.7. The van der Waals surface area contributed by atoms with Crippen molar-refractivity contribution in [2.75, 3.05) is 5.32 Å². The summed E-state index contributed by atoms with van der Waals surface area (Å²) in [5.41, 5.74) is 2.04. The molecule has 0 atom stereocenters. The number of amides is 2. The van der Waals surface area contributed by atoms with Crippen LogP contribution in [0.5, 0.6) is 0 Å². The van der Waals surface area contributed by atoms with Gasteiger partial charge in [-0.3, -0.25) is 9.59 Å². The number of rotatable bonds is 5. The van der Waals surface area contributed by atoms with Gasteiger partial charge in [-0.25, -0.2) is 5.43 Å². The van der Waals surface area contributed by atoms with Crippen LogP contribution in [0.1, 0.15) is 25.3 Å². The van der Waals surface area contributed by atoms with E-state index in [1.807, 2.05) is 0 Å². The lowest BCUT2D eigenvalue weighted by Crippen LogP contribution is -2.30. The maximum Gasteiger partial charge on any atom is 0.416 e. The van der Waals surface area contributed by atoms with E-state index in [9.17, 15) is 22.8 Å². The minimum absolute atomic E-state index is 0.0283. The topological polar surface area (TPSA) is 84.7 Å². The molecule has 0 bridgehead atoms. The Balaban J connectivity index is 1.91. The molecule has 1 aliphatic rings. The summed E-state index contributed by atoms with van der Waals surface area (Å²) in [6.07, 6.45) is 0.667. The van der Waals surface area contributed by atoms with Gasteiger partial charge in [0, 0.05) is 17.5 Å². The van der Waals surface area contributed by atoms with E-state index in [2.05, 4.69) is 20.5 Å². The zero-order chi connectivity index (χ0) is 19.2. The number of alkyl halides is 3. The van der Waals surface area contributed by atoms with Gasteiger partial charge in [0.05, 0.1) is 18.4 Å².